The third kappa shape index (κ3) is 5.70. The third-order valence-corrected chi connectivity index (χ3v) is 7.55. The fourth-order valence-corrected chi connectivity index (χ4v) is 5.90. The Labute approximate surface area is 196 Å². The molecule has 32 heavy (non-hydrogen) atoms. The van der Waals surface area contributed by atoms with Gasteiger partial charge in [0.25, 0.3) is 0 Å². The molecule has 1 atom stereocenters. The largest absolute Gasteiger partial charge is 0.489 e. The second-order valence-corrected chi connectivity index (χ2v) is 10.7. The highest BCUT2D eigenvalue weighted by Gasteiger charge is 2.20. The minimum atomic E-state index is -3.72. The van der Waals surface area contributed by atoms with E-state index in [4.69, 9.17) is 4.74 Å². The summed E-state index contributed by atoms with van der Waals surface area (Å²) >= 11 is 2.70. The molecule has 168 valence electrons. The molecule has 0 spiro atoms. The van der Waals surface area contributed by atoms with Gasteiger partial charge in [0.05, 0.1) is 11.7 Å². The quantitative estimate of drug-likeness (QED) is 0.361. The maximum Gasteiger partial charge on any atom is 0.242 e. The van der Waals surface area contributed by atoms with Crippen molar-refractivity contribution in [2.45, 2.75) is 31.0 Å². The molecule has 0 amide bonds. The summed E-state index contributed by atoms with van der Waals surface area (Å²) in [5.41, 5.74) is 3.39. The van der Waals surface area contributed by atoms with Crippen molar-refractivity contribution in [3.8, 4) is 5.75 Å². The van der Waals surface area contributed by atoms with Gasteiger partial charge in [-0.05, 0) is 66.2 Å². The van der Waals surface area contributed by atoms with E-state index in [0.29, 0.717) is 16.8 Å². The third-order valence-electron chi connectivity index (χ3n) is 4.82. The molecule has 0 bridgehead atoms. The summed E-state index contributed by atoms with van der Waals surface area (Å²) in [7, 11) is -1.64. The first-order valence-corrected chi connectivity index (χ1v) is 13.2. The van der Waals surface area contributed by atoms with Crippen molar-refractivity contribution < 1.29 is 13.2 Å². The molecule has 0 aliphatic carbocycles. The fourth-order valence-electron chi connectivity index (χ4n) is 3.36. The van der Waals surface area contributed by atoms with Gasteiger partial charge in [-0.3, -0.25) is 4.90 Å². The van der Waals surface area contributed by atoms with Crippen molar-refractivity contribution in [3.63, 3.8) is 0 Å². The number of benzene rings is 2. The Morgan fingerprint density at radius 3 is 2.72 bits per heavy atom. The van der Waals surface area contributed by atoms with Crippen LogP contribution in [0.2, 0.25) is 0 Å². The number of thiophene rings is 1. The molecule has 0 fully saturated rings. The average Bonchev–Trinajstić information content (AvgIpc) is 3.44. The Kier molecular flexibility index (Phi) is 7.17. The number of nitrogens with one attached hydrogen (secondary N) is 1. The second-order valence-electron chi connectivity index (χ2n) is 7.62. The molecule has 0 saturated heterocycles. The van der Waals surface area contributed by atoms with Crippen LogP contribution in [0.1, 0.15) is 18.1 Å². The minimum Gasteiger partial charge on any atom is -0.489 e. The van der Waals surface area contributed by atoms with Gasteiger partial charge in [-0.2, -0.15) is 20.1 Å². The van der Waals surface area contributed by atoms with Gasteiger partial charge in [-0.25, -0.2) is 13.1 Å². The lowest BCUT2D eigenvalue weighted by atomic mass is 10.2. The van der Waals surface area contributed by atoms with Gasteiger partial charge in [-0.1, -0.05) is 18.2 Å². The van der Waals surface area contributed by atoms with Crippen molar-refractivity contribution in [1.29, 1.82) is 0 Å². The number of hydrogen-bond acceptors (Lipinski definition) is 8. The molecule has 1 N–H and O–H groups in total. The zero-order valence-corrected chi connectivity index (χ0v) is 20.2. The summed E-state index contributed by atoms with van der Waals surface area (Å²) in [4.78, 5) is 2.37. The summed E-state index contributed by atoms with van der Waals surface area (Å²) < 4.78 is 42.4. The molecule has 7 nitrogen and oxygen atoms in total. The fraction of sp³-hybridized carbons (Fsp3) is 0.273. The van der Waals surface area contributed by atoms with E-state index in [0.717, 1.165) is 30.4 Å². The Morgan fingerprint density at radius 2 is 1.91 bits per heavy atom. The topological polar surface area (TPSA) is 84.4 Å². The van der Waals surface area contributed by atoms with E-state index in [2.05, 4.69) is 48.3 Å². The van der Waals surface area contributed by atoms with Crippen molar-refractivity contribution in [2.75, 3.05) is 13.6 Å². The number of hydrogen-bond donors (Lipinski definition) is 1. The zero-order chi connectivity index (χ0) is 22.6. The molecule has 2 aromatic carbocycles. The Morgan fingerprint density at radius 1 is 1.09 bits per heavy atom. The van der Waals surface area contributed by atoms with E-state index in [9.17, 15) is 8.42 Å². The Hall–Kier alpha value is -2.37. The number of sulfonamides is 1. The summed E-state index contributed by atoms with van der Waals surface area (Å²) in [5, 5.41) is 4.24. The maximum absolute atomic E-state index is 12.8. The first kappa shape index (κ1) is 22.8. The summed E-state index contributed by atoms with van der Waals surface area (Å²) in [6.07, 6.45) is -0.351. The summed E-state index contributed by atoms with van der Waals surface area (Å²) in [6, 6.07) is 15.0. The standard InChI is InChI=1S/C22H24N4O3S3/c1-16(12-23-32(27,28)21-8-4-7-20-22(21)25-31-24-20)29-19-6-3-5-17(11-19)13-26(2)14-18-9-10-30-15-18/h3-11,15-16,23H,12-14H2,1-2H3/t16-/m1/s1. The van der Waals surface area contributed by atoms with E-state index < -0.39 is 10.0 Å². The lowest BCUT2D eigenvalue weighted by Gasteiger charge is -2.18. The smallest absolute Gasteiger partial charge is 0.242 e. The van der Waals surface area contributed by atoms with Crippen LogP contribution in [0.4, 0.5) is 0 Å². The van der Waals surface area contributed by atoms with Crippen LogP contribution in [-0.2, 0) is 23.1 Å². The van der Waals surface area contributed by atoms with Crippen LogP contribution < -0.4 is 9.46 Å². The molecule has 0 unspecified atom stereocenters. The maximum atomic E-state index is 12.8. The Balaban J connectivity index is 1.34. The van der Waals surface area contributed by atoms with Gasteiger partial charge in [0.1, 0.15) is 27.8 Å². The normalized spacial score (nSPS) is 13.0. The Bertz CT molecular complexity index is 1270. The molecule has 10 heteroatoms. The SMILES string of the molecule is C[C@H](CNS(=O)(=O)c1cccc2nsnc12)Oc1cccc(CN(C)Cc2ccsc2)c1. The van der Waals surface area contributed by atoms with Gasteiger partial charge < -0.3 is 4.74 Å². The molecule has 2 heterocycles. The molecular formula is C22H24N4O3S3. The summed E-state index contributed by atoms with van der Waals surface area (Å²) in [6.45, 7) is 3.65. The van der Waals surface area contributed by atoms with Gasteiger partial charge in [0.2, 0.25) is 10.0 Å². The highest BCUT2D eigenvalue weighted by Crippen LogP contribution is 2.21. The van der Waals surface area contributed by atoms with Crippen LogP contribution >= 0.6 is 23.1 Å². The second kappa shape index (κ2) is 10.1. The molecule has 4 rings (SSSR count). The predicted octanol–water partition coefficient (Wildman–Crippen LogP) is 4.13. The van der Waals surface area contributed by atoms with E-state index in [-0.39, 0.29) is 17.5 Å². The van der Waals surface area contributed by atoms with Crippen LogP contribution in [-0.4, -0.2) is 41.8 Å². The van der Waals surface area contributed by atoms with E-state index in [1.54, 1.807) is 23.5 Å². The monoisotopic (exact) mass is 488 g/mol. The van der Waals surface area contributed by atoms with Gasteiger partial charge >= 0.3 is 0 Å². The van der Waals surface area contributed by atoms with Gasteiger partial charge in [-0.15, -0.1) is 0 Å². The predicted molar refractivity (Wildman–Crippen MR) is 129 cm³/mol. The first-order valence-electron chi connectivity index (χ1n) is 10.1. The van der Waals surface area contributed by atoms with Crippen molar-refractivity contribution in [3.05, 3.63) is 70.4 Å². The van der Waals surface area contributed by atoms with Gasteiger partial charge in [0, 0.05) is 19.6 Å². The molecule has 0 radical (unpaired) electrons. The molecule has 2 aromatic heterocycles. The van der Waals surface area contributed by atoms with Crippen molar-refractivity contribution in [2.24, 2.45) is 0 Å². The molecule has 0 aliphatic heterocycles. The minimum absolute atomic E-state index is 0.131. The zero-order valence-electron chi connectivity index (χ0n) is 17.8. The van der Waals surface area contributed by atoms with Crippen LogP contribution in [0.15, 0.2) is 64.2 Å². The lowest BCUT2D eigenvalue weighted by Crippen LogP contribution is -2.33. The number of rotatable bonds is 10. The first-order chi connectivity index (χ1) is 15.4. The average molecular weight is 489 g/mol. The molecule has 0 saturated carbocycles. The van der Waals surface area contributed by atoms with E-state index in [1.165, 1.54) is 11.6 Å². The summed E-state index contributed by atoms with van der Waals surface area (Å²) in [5.74, 6) is 0.712. The lowest BCUT2D eigenvalue weighted by molar-refractivity contribution is 0.224. The van der Waals surface area contributed by atoms with Crippen molar-refractivity contribution in [1.82, 2.24) is 18.4 Å². The molecule has 0 aliphatic rings. The molecule has 4 aromatic rings. The van der Waals surface area contributed by atoms with Crippen molar-refractivity contribution >= 4 is 44.1 Å². The number of nitrogens with zero attached hydrogens (tertiary/aromatic N) is 3. The van der Waals surface area contributed by atoms with E-state index >= 15 is 0 Å². The van der Waals surface area contributed by atoms with Gasteiger partial charge in [0.15, 0.2) is 0 Å². The number of ether oxygens (including phenoxy) is 1. The molecular weight excluding hydrogens is 464 g/mol. The van der Waals surface area contributed by atoms with Crippen LogP contribution in [0.3, 0.4) is 0 Å². The highest BCUT2D eigenvalue weighted by molar-refractivity contribution is 7.89. The number of fused-ring (bicyclic) bond motifs is 1. The van der Waals surface area contributed by atoms with Crippen LogP contribution in [0, 0.1) is 0 Å². The van der Waals surface area contributed by atoms with Crippen LogP contribution in [0.25, 0.3) is 11.0 Å². The van der Waals surface area contributed by atoms with Crippen LogP contribution in [0.5, 0.6) is 5.75 Å². The van der Waals surface area contributed by atoms with E-state index in [1.807, 2.05) is 25.1 Å². The number of aromatic nitrogens is 2. The highest BCUT2D eigenvalue weighted by atomic mass is 32.2.